The Hall–Kier alpha value is -6.68. The van der Waals surface area contributed by atoms with Crippen molar-refractivity contribution in [1.29, 1.82) is 0 Å². The molecule has 2 aliphatic rings. The largest absolute Gasteiger partial charge is 0.355 e. The van der Waals surface area contributed by atoms with Gasteiger partial charge >= 0.3 is 0 Å². The van der Waals surface area contributed by atoms with Crippen LogP contribution in [0.4, 0.5) is 22.7 Å². The topological polar surface area (TPSA) is 57.4 Å². The highest BCUT2D eigenvalue weighted by Crippen LogP contribution is 2.43. The molecular weight excluding hydrogens is 833 g/mol. The molecule has 8 heteroatoms. The summed E-state index contributed by atoms with van der Waals surface area (Å²) in [7, 11) is 27.2. The Bertz CT molecular complexity index is 3280. The van der Waals surface area contributed by atoms with Gasteiger partial charge in [0.25, 0.3) is 0 Å². The third kappa shape index (κ3) is 9.82. The van der Waals surface area contributed by atoms with Crippen molar-refractivity contribution in [3.8, 4) is 0 Å². The van der Waals surface area contributed by atoms with Crippen LogP contribution < -0.4 is 17.9 Å². The number of nitrogens with zero attached hydrogens (tertiary/aromatic N) is 6. The minimum Gasteiger partial charge on any atom is -0.355 e. The number of aromatic nitrogens is 4. The van der Waals surface area contributed by atoms with Crippen LogP contribution in [0.2, 0.25) is 0 Å². The van der Waals surface area contributed by atoms with Crippen molar-refractivity contribution in [3.63, 3.8) is 0 Å². The van der Waals surface area contributed by atoms with E-state index in [9.17, 15) is 0 Å². The molecule has 0 unspecified atom stereocenters. The molecule has 4 aromatic carbocycles. The van der Waals surface area contributed by atoms with Gasteiger partial charge in [-0.25, -0.2) is 9.97 Å². The Morgan fingerprint density at radius 3 is 1.29 bits per heavy atom. The Labute approximate surface area is 404 Å². The SMILES string of the molecule is C[N+](C)(C)c1ccccc1CC1=C(Cc2ccccc2[N+](C)(C)C)c2nc1cc1nc(cc3ccc(cc4cc(Cc5ccccc5[N+](C)(C)C)c([nH]4)c2Cc2ccccc2[N+](C)(C)C)[nH]3)C=C1. The highest BCUT2D eigenvalue weighted by molar-refractivity contribution is 5.97. The number of allylic oxidation sites excluding steroid dienone is 2. The van der Waals surface area contributed by atoms with Gasteiger partial charge in [0.2, 0.25) is 0 Å². The molecule has 8 nitrogen and oxygen atoms in total. The summed E-state index contributed by atoms with van der Waals surface area (Å²) >= 11 is 0. The van der Waals surface area contributed by atoms with E-state index in [2.05, 4.69) is 240 Å². The summed E-state index contributed by atoms with van der Waals surface area (Å²) in [5, 5.41) is 0. The molecule has 3 aromatic heterocycles. The number of benzene rings is 4. The molecule has 5 heterocycles. The Kier molecular flexibility index (Phi) is 12.1. The van der Waals surface area contributed by atoms with Crippen molar-refractivity contribution in [2.75, 3.05) is 84.6 Å². The van der Waals surface area contributed by atoms with E-state index < -0.39 is 0 Å². The molecule has 0 saturated heterocycles. The molecule has 0 spiro atoms. The Morgan fingerprint density at radius 2 is 0.794 bits per heavy atom. The van der Waals surface area contributed by atoms with Crippen molar-refractivity contribution in [3.05, 3.63) is 190 Å². The molecule has 0 radical (unpaired) electrons. The van der Waals surface area contributed by atoms with Gasteiger partial charge < -0.3 is 9.97 Å². The molecule has 0 amide bonds. The number of fused-ring (bicyclic) bond motifs is 8. The number of para-hydroxylation sites is 4. The summed E-state index contributed by atoms with van der Waals surface area (Å²) in [6, 6.07) is 49.1. The van der Waals surface area contributed by atoms with Crippen LogP contribution in [0.15, 0.2) is 133 Å². The fourth-order valence-corrected chi connectivity index (χ4v) is 10.3. The summed E-state index contributed by atoms with van der Waals surface area (Å²) < 4.78 is 2.82. The fourth-order valence-electron chi connectivity index (χ4n) is 10.3. The average molecular weight is 903 g/mol. The summed E-state index contributed by atoms with van der Waals surface area (Å²) in [6.07, 6.45) is 7.09. The monoisotopic (exact) mass is 903 g/mol. The minimum absolute atomic E-state index is 0.672. The quantitative estimate of drug-likeness (QED) is 0.120. The lowest BCUT2D eigenvalue weighted by atomic mass is 9.88. The molecule has 8 bridgehead atoms. The van der Waals surface area contributed by atoms with Crippen LogP contribution in [-0.2, 0) is 25.7 Å². The van der Waals surface area contributed by atoms with Gasteiger partial charge in [0.05, 0.1) is 107 Å². The molecule has 0 fully saturated rings. The van der Waals surface area contributed by atoms with Gasteiger partial charge in [-0.15, -0.1) is 0 Å². The van der Waals surface area contributed by atoms with Crippen LogP contribution in [0.25, 0.3) is 45.4 Å². The highest BCUT2D eigenvalue weighted by atomic mass is 15.3. The molecule has 346 valence electrons. The van der Waals surface area contributed by atoms with E-state index in [0.717, 1.165) is 55.7 Å². The number of hydrogen-bond donors (Lipinski definition) is 2. The number of rotatable bonds is 12. The fraction of sp³-hybridized carbons (Fsp3) is 0.267. The van der Waals surface area contributed by atoms with Gasteiger partial charge in [-0.1, -0.05) is 72.8 Å². The van der Waals surface area contributed by atoms with Crippen LogP contribution in [0.1, 0.15) is 56.2 Å². The van der Waals surface area contributed by atoms with E-state index in [1.165, 1.54) is 67.3 Å². The molecule has 2 aliphatic heterocycles. The summed E-state index contributed by atoms with van der Waals surface area (Å²) in [5.41, 5.74) is 23.2. The zero-order valence-electron chi connectivity index (χ0n) is 42.4. The summed E-state index contributed by atoms with van der Waals surface area (Å²) in [4.78, 5) is 18.9. The third-order valence-electron chi connectivity index (χ3n) is 13.4. The lowest BCUT2D eigenvalue weighted by Gasteiger charge is -2.27. The van der Waals surface area contributed by atoms with E-state index in [0.29, 0.717) is 32.7 Å². The molecule has 7 aromatic rings. The van der Waals surface area contributed by atoms with Gasteiger partial charge in [0.1, 0.15) is 22.7 Å². The highest BCUT2D eigenvalue weighted by Gasteiger charge is 2.31. The van der Waals surface area contributed by atoms with Crippen LogP contribution in [0.3, 0.4) is 0 Å². The van der Waals surface area contributed by atoms with Gasteiger partial charge in [-0.3, -0.25) is 17.9 Å². The number of hydrogen-bond acceptors (Lipinski definition) is 2. The lowest BCUT2D eigenvalue weighted by molar-refractivity contribution is 0.483. The minimum atomic E-state index is 0.672. The van der Waals surface area contributed by atoms with E-state index in [1.54, 1.807) is 0 Å². The summed E-state index contributed by atoms with van der Waals surface area (Å²) in [5.74, 6) is 0. The van der Waals surface area contributed by atoms with Crippen LogP contribution in [-0.4, -0.2) is 105 Å². The first-order valence-electron chi connectivity index (χ1n) is 23.9. The average Bonchev–Trinajstić information content (AvgIpc) is 4.07. The third-order valence-corrected chi connectivity index (χ3v) is 13.4. The number of aromatic amines is 2. The predicted molar refractivity (Wildman–Crippen MR) is 294 cm³/mol. The lowest BCUT2D eigenvalue weighted by Crippen LogP contribution is -2.36. The molecule has 0 saturated carbocycles. The second kappa shape index (κ2) is 17.8. The number of H-pyrrole nitrogens is 2. The van der Waals surface area contributed by atoms with Crippen molar-refractivity contribution in [2.24, 2.45) is 0 Å². The second-order valence-corrected chi connectivity index (χ2v) is 22.3. The predicted octanol–water partition coefficient (Wildman–Crippen LogP) is 11.8. The maximum Gasteiger partial charge on any atom is 0.135 e. The van der Waals surface area contributed by atoms with Crippen molar-refractivity contribution in [2.45, 2.75) is 25.7 Å². The van der Waals surface area contributed by atoms with E-state index in [-0.39, 0.29) is 0 Å². The van der Waals surface area contributed by atoms with Crippen molar-refractivity contribution in [1.82, 2.24) is 37.9 Å². The van der Waals surface area contributed by atoms with Gasteiger partial charge in [0, 0.05) is 75.6 Å². The molecule has 9 rings (SSSR count). The van der Waals surface area contributed by atoms with Crippen LogP contribution in [0, 0.1) is 0 Å². The first-order chi connectivity index (χ1) is 32.2. The normalized spacial score (nSPS) is 13.4. The molecular formula is C60H70N8+4. The first-order valence-corrected chi connectivity index (χ1v) is 23.9. The molecule has 0 atom stereocenters. The standard InChI is InChI=1S/C60H70N8/c1-65(2,3)55-25-17-13-21-41(55)33-45-34-50-39-48-30-29-46(61-48)38-47-31-32-49(62-47)40-54-51(35-42-22-14-18-26-56(42)66(4,5)6)52(36-43-23-15-19-27-57(43)67(7,8)9)60(64-54)53(59(45)63-50)37-44-24-16-20-28-58(44)68(10,11)12/h13-32,34,38-40,61,63H,33,35-37H2,1-12H3/q+4. The maximum atomic E-state index is 5.97. The smallest absolute Gasteiger partial charge is 0.135 e. The molecule has 68 heavy (non-hydrogen) atoms. The van der Waals surface area contributed by atoms with Gasteiger partial charge in [0.15, 0.2) is 0 Å². The first kappa shape index (κ1) is 46.4. The van der Waals surface area contributed by atoms with Crippen molar-refractivity contribution >= 4 is 68.1 Å². The van der Waals surface area contributed by atoms with Crippen molar-refractivity contribution < 1.29 is 0 Å². The van der Waals surface area contributed by atoms with Gasteiger partial charge in [-0.2, -0.15) is 0 Å². The molecule has 2 N–H and O–H groups in total. The number of quaternary nitrogens is 4. The zero-order valence-corrected chi connectivity index (χ0v) is 42.4. The zero-order chi connectivity index (χ0) is 48.2. The maximum absolute atomic E-state index is 5.97. The van der Waals surface area contributed by atoms with Crippen LogP contribution >= 0.6 is 0 Å². The summed E-state index contributed by atoms with van der Waals surface area (Å²) in [6.45, 7) is 0. The Morgan fingerprint density at radius 1 is 0.368 bits per heavy atom. The van der Waals surface area contributed by atoms with E-state index >= 15 is 0 Å². The Balaban J connectivity index is 1.46. The van der Waals surface area contributed by atoms with Crippen LogP contribution in [0.5, 0.6) is 0 Å². The second-order valence-electron chi connectivity index (χ2n) is 22.3. The van der Waals surface area contributed by atoms with Gasteiger partial charge in [-0.05, 0) is 89.5 Å². The number of nitrogens with one attached hydrogen (secondary N) is 2. The van der Waals surface area contributed by atoms with E-state index in [1.807, 2.05) is 0 Å². The van der Waals surface area contributed by atoms with E-state index in [4.69, 9.17) is 9.97 Å². The molecule has 0 aliphatic carbocycles.